The van der Waals surface area contributed by atoms with E-state index in [9.17, 15) is 10.4 Å². The highest BCUT2D eigenvalue weighted by molar-refractivity contribution is 9.11. The summed E-state index contributed by atoms with van der Waals surface area (Å²) in [7, 11) is 0. The summed E-state index contributed by atoms with van der Waals surface area (Å²) >= 11 is 3.29. The summed E-state index contributed by atoms with van der Waals surface area (Å²) in [6.07, 6.45) is 2.43. The van der Waals surface area contributed by atoms with Gasteiger partial charge in [0.2, 0.25) is 6.23 Å². The molecule has 1 aromatic carbocycles. The summed E-state index contributed by atoms with van der Waals surface area (Å²) in [5.41, 5.74) is -1.19. The van der Waals surface area contributed by atoms with Crippen LogP contribution in [0.3, 0.4) is 0 Å². The number of allylic oxidation sites excluding steroid dienone is 1. The largest absolute Gasteiger partial charge is 0.467 e. The second-order valence-corrected chi connectivity index (χ2v) is 4.69. The first-order valence-electron chi connectivity index (χ1n) is 5.36. The topological polar surface area (TPSA) is 65.6 Å². The standard InChI is InChI=1S/C13H11BrN2O2/c14-11-6-7-16-12(13(11,8-15)9-17)18-10-4-2-1-3-5-10/h1-7,12,17H,9H2. The van der Waals surface area contributed by atoms with Crippen molar-refractivity contribution in [1.29, 1.82) is 5.26 Å². The van der Waals surface area contributed by atoms with Crippen molar-refractivity contribution in [3.05, 3.63) is 40.9 Å². The van der Waals surface area contributed by atoms with Crippen molar-refractivity contribution in [2.45, 2.75) is 6.23 Å². The zero-order chi connectivity index (χ0) is 13.0. The monoisotopic (exact) mass is 306 g/mol. The molecule has 1 N–H and O–H groups in total. The van der Waals surface area contributed by atoms with E-state index in [2.05, 4.69) is 27.0 Å². The number of halogens is 1. The molecular formula is C13H11BrN2O2. The molecular weight excluding hydrogens is 296 g/mol. The number of ether oxygens (including phenoxy) is 1. The van der Waals surface area contributed by atoms with Crippen LogP contribution in [0.1, 0.15) is 0 Å². The van der Waals surface area contributed by atoms with Gasteiger partial charge in [0.15, 0.2) is 5.41 Å². The second kappa shape index (κ2) is 5.34. The van der Waals surface area contributed by atoms with Gasteiger partial charge in [0.05, 0.1) is 12.7 Å². The Morgan fingerprint density at radius 1 is 1.44 bits per heavy atom. The Morgan fingerprint density at radius 2 is 2.17 bits per heavy atom. The maximum atomic E-state index is 9.51. The Kier molecular flexibility index (Phi) is 3.80. The van der Waals surface area contributed by atoms with Crippen LogP contribution < -0.4 is 4.74 Å². The van der Waals surface area contributed by atoms with Crippen LogP contribution in [0.4, 0.5) is 0 Å². The summed E-state index contributed by atoms with van der Waals surface area (Å²) in [5, 5.41) is 18.8. The lowest BCUT2D eigenvalue weighted by atomic mass is 9.87. The van der Waals surface area contributed by atoms with Gasteiger partial charge in [-0.25, -0.2) is 4.99 Å². The molecule has 0 aliphatic carbocycles. The number of nitriles is 1. The molecule has 1 aliphatic heterocycles. The first-order valence-corrected chi connectivity index (χ1v) is 6.15. The van der Waals surface area contributed by atoms with E-state index < -0.39 is 11.6 Å². The van der Waals surface area contributed by atoms with E-state index in [1.165, 1.54) is 0 Å². The third-order valence-electron chi connectivity index (χ3n) is 2.73. The fraction of sp³-hybridized carbons (Fsp3) is 0.231. The number of nitrogens with zero attached hydrogens (tertiary/aromatic N) is 2. The Morgan fingerprint density at radius 3 is 2.78 bits per heavy atom. The summed E-state index contributed by atoms with van der Waals surface area (Å²) in [4.78, 5) is 4.13. The van der Waals surface area contributed by atoms with Crippen LogP contribution in [0, 0.1) is 16.7 Å². The minimum absolute atomic E-state index is 0.366. The lowest BCUT2D eigenvalue weighted by Gasteiger charge is -2.32. The molecule has 92 valence electrons. The first kappa shape index (κ1) is 12.8. The van der Waals surface area contributed by atoms with Gasteiger partial charge in [-0.3, -0.25) is 0 Å². The van der Waals surface area contributed by atoms with Crippen molar-refractivity contribution in [3.8, 4) is 11.8 Å². The predicted octanol–water partition coefficient (Wildman–Crippen LogP) is 2.26. The van der Waals surface area contributed by atoms with Gasteiger partial charge in [0, 0.05) is 10.7 Å². The van der Waals surface area contributed by atoms with E-state index in [1.807, 2.05) is 18.2 Å². The van der Waals surface area contributed by atoms with Crippen molar-refractivity contribution in [1.82, 2.24) is 0 Å². The number of benzene rings is 1. The molecule has 2 atom stereocenters. The Labute approximate surface area is 113 Å². The van der Waals surface area contributed by atoms with Crippen LogP contribution in [0.15, 0.2) is 45.9 Å². The fourth-order valence-electron chi connectivity index (χ4n) is 1.64. The highest BCUT2D eigenvalue weighted by Gasteiger charge is 2.45. The van der Waals surface area contributed by atoms with E-state index in [0.717, 1.165) is 0 Å². The van der Waals surface area contributed by atoms with Gasteiger partial charge in [-0.1, -0.05) is 34.1 Å². The van der Waals surface area contributed by atoms with Crippen molar-refractivity contribution in [2.24, 2.45) is 10.4 Å². The molecule has 5 heteroatoms. The number of rotatable bonds is 3. The minimum atomic E-state index is -1.19. The van der Waals surface area contributed by atoms with Gasteiger partial charge >= 0.3 is 0 Å². The Hall–Kier alpha value is -1.64. The Bertz CT molecular complexity index is 522. The van der Waals surface area contributed by atoms with Gasteiger partial charge in [0.1, 0.15) is 5.75 Å². The highest BCUT2D eigenvalue weighted by Crippen LogP contribution is 2.39. The van der Waals surface area contributed by atoms with Crippen molar-refractivity contribution in [2.75, 3.05) is 6.61 Å². The van der Waals surface area contributed by atoms with Gasteiger partial charge in [-0.15, -0.1) is 0 Å². The lowest BCUT2D eigenvalue weighted by molar-refractivity contribution is 0.0733. The second-order valence-electron chi connectivity index (χ2n) is 3.84. The van der Waals surface area contributed by atoms with Crippen LogP contribution in [0.5, 0.6) is 5.75 Å². The molecule has 4 nitrogen and oxygen atoms in total. The molecule has 0 saturated carbocycles. The van der Waals surface area contributed by atoms with E-state index in [-0.39, 0.29) is 6.61 Å². The minimum Gasteiger partial charge on any atom is -0.467 e. The molecule has 0 fully saturated rings. The Balaban J connectivity index is 2.30. The lowest BCUT2D eigenvalue weighted by Crippen LogP contribution is -2.42. The van der Waals surface area contributed by atoms with E-state index in [0.29, 0.717) is 10.2 Å². The van der Waals surface area contributed by atoms with Crippen LogP contribution in [0.2, 0.25) is 0 Å². The smallest absolute Gasteiger partial charge is 0.214 e. The molecule has 2 unspecified atom stereocenters. The van der Waals surface area contributed by atoms with Crippen molar-refractivity contribution < 1.29 is 9.84 Å². The number of aliphatic imine (C=N–C) groups is 1. The quantitative estimate of drug-likeness (QED) is 0.931. The highest BCUT2D eigenvalue weighted by atomic mass is 79.9. The van der Waals surface area contributed by atoms with E-state index in [4.69, 9.17) is 4.74 Å². The summed E-state index contributed by atoms with van der Waals surface area (Å²) < 4.78 is 6.24. The van der Waals surface area contributed by atoms with Crippen LogP contribution in [-0.4, -0.2) is 24.2 Å². The summed E-state index contributed by atoms with van der Waals surface area (Å²) in [6.45, 7) is -0.366. The number of aliphatic hydroxyl groups excluding tert-OH is 1. The zero-order valence-corrected chi connectivity index (χ0v) is 11.0. The van der Waals surface area contributed by atoms with Gasteiger partial charge in [-0.05, 0) is 18.2 Å². The molecule has 0 spiro atoms. The molecule has 0 bridgehead atoms. The average Bonchev–Trinajstić information content (AvgIpc) is 2.41. The molecule has 1 heterocycles. The van der Waals surface area contributed by atoms with Crippen LogP contribution in [0.25, 0.3) is 0 Å². The normalized spacial score (nSPS) is 26.3. The molecule has 1 aromatic rings. The van der Waals surface area contributed by atoms with E-state index >= 15 is 0 Å². The number of dihydropyridines is 1. The predicted molar refractivity (Wildman–Crippen MR) is 71.5 cm³/mol. The SMILES string of the molecule is N#CC1(CO)C(Br)=CC=NC1Oc1ccccc1. The van der Waals surface area contributed by atoms with Crippen LogP contribution in [-0.2, 0) is 0 Å². The average molecular weight is 307 g/mol. The molecule has 0 amide bonds. The molecule has 0 saturated heterocycles. The number of hydrogen-bond donors (Lipinski definition) is 1. The maximum Gasteiger partial charge on any atom is 0.214 e. The van der Waals surface area contributed by atoms with Crippen LogP contribution >= 0.6 is 15.9 Å². The van der Waals surface area contributed by atoms with E-state index in [1.54, 1.807) is 24.4 Å². The fourth-order valence-corrected chi connectivity index (χ4v) is 2.17. The number of hydrogen-bond acceptors (Lipinski definition) is 4. The maximum absolute atomic E-state index is 9.51. The summed E-state index contributed by atoms with van der Waals surface area (Å²) in [6, 6.07) is 11.2. The van der Waals surface area contributed by atoms with Crippen molar-refractivity contribution >= 4 is 22.1 Å². The third kappa shape index (κ3) is 2.17. The number of para-hydroxylation sites is 1. The molecule has 1 aliphatic rings. The van der Waals surface area contributed by atoms with Gasteiger partial charge < -0.3 is 9.84 Å². The molecule has 18 heavy (non-hydrogen) atoms. The van der Waals surface area contributed by atoms with Gasteiger partial charge in [-0.2, -0.15) is 5.26 Å². The molecule has 2 rings (SSSR count). The zero-order valence-electron chi connectivity index (χ0n) is 9.45. The first-order chi connectivity index (χ1) is 8.73. The van der Waals surface area contributed by atoms with Crippen molar-refractivity contribution in [3.63, 3.8) is 0 Å². The molecule has 0 aromatic heterocycles. The number of aliphatic hydroxyl groups is 1. The van der Waals surface area contributed by atoms with Gasteiger partial charge in [0.25, 0.3) is 0 Å². The third-order valence-corrected chi connectivity index (χ3v) is 3.70. The molecule has 0 radical (unpaired) electrons. The summed E-state index contributed by atoms with van der Waals surface area (Å²) in [5.74, 6) is 0.606.